The van der Waals surface area contributed by atoms with Crippen molar-refractivity contribution in [3.05, 3.63) is 30.1 Å². The molecule has 1 aromatic rings. The van der Waals surface area contributed by atoms with Crippen molar-refractivity contribution >= 4 is 15.9 Å². The highest BCUT2D eigenvalue weighted by atomic mass is 32.2. The van der Waals surface area contributed by atoms with Gasteiger partial charge < -0.3 is 5.32 Å². The number of aromatic nitrogens is 1. The first-order valence-corrected chi connectivity index (χ1v) is 7.98. The SMILES string of the molecule is CS(=O)(=O)N1CCCC1CNC(=O)c1ccncc1. The van der Waals surface area contributed by atoms with E-state index in [0.29, 0.717) is 18.7 Å². The van der Waals surface area contributed by atoms with Gasteiger partial charge in [0.15, 0.2) is 0 Å². The van der Waals surface area contributed by atoms with Gasteiger partial charge in [0.2, 0.25) is 10.0 Å². The van der Waals surface area contributed by atoms with Crippen LogP contribution in [0.15, 0.2) is 24.5 Å². The van der Waals surface area contributed by atoms with Gasteiger partial charge in [0.05, 0.1) is 6.26 Å². The second kappa shape index (κ2) is 5.66. The van der Waals surface area contributed by atoms with Crippen molar-refractivity contribution < 1.29 is 13.2 Å². The summed E-state index contributed by atoms with van der Waals surface area (Å²) in [4.78, 5) is 15.7. The summed E-state index contributed by atoms with van der Waals surface area (Å²) in [5.41, 5.74) is 0.527. The van der Waals surface area contributed by atoms with Gasteiger partial charge in [-0.1, -0.05) is 0 Å². The van der Waals surface area contributed by atoms with Crippen molar-refractivity contribution in [3.63, 3.8) is 0 Å². The van der Waals surface area contributed by atoms with Crippen LogP contribution in [0.25, 0.3) is 0 Å². The molecule has 0 spiro atoms. The Hall–Kier alpha value is -1.47. The van der Waals surface area contributed by atoms with Crippen molar-refractivity contribution in [1.82, 2.24) is 14.6 Å². The molecule has 1 N–H and O–H groups in total. The Bertz CT molecular complexity index is 545. The fourth-order valence-corrected chi connectivity index (χ4v) is 3.45. The summed E-state index contributed by atoms with van der Waals surface area (Å²) in [5, 5.41) is 2.77. The number of rotatable bonds is 4. The first-order valence-electron chi connectivity index (χ1n) is 6.13. The van der Waals surface area contributed by atoms with E-state index in [2.05, 4.69) is 10.3 Å². The number of hydrogen-bond donors (Lipinski definition) is 1. The highest BCUT2D eigenvalue weighted by molar-refractivity contribution is 7.88. The van der Waals surface area contributed by atoms with Crippen LogP contribution in [0.2, 0.25) is 0 Å². The molecule has 2 rings (SSSR count). The zero-order valence-corrected chi connectivity index (χ0v) is 11.6. The van der Waals surface area contributed by atoms with Crippen LogP contribution in [0.3, 0.4) is 0 Å². The van der Waals surface area contributed by atoms with E-state index in [0.717, 1.165) is 12.8 Å². The molecule has 19 heavy (non-hydrogen) atoms. The minimum Gasteiger partial charge on any atom is -0.350 e. The second-order valence-corrected chi connectivity index (χ2v) is 6.55. The Morgan fingerprint density at radius 3 is 2.79 bits per heavy atom. The molecule has 0 saturated carbocycles. The molecule has 1 fully saturated rings. The van der Waals surface area contributed by atoms with Gasteiger partial charge in [0.1, 0.15) is 0 Å². The fraction of sp³-hybridized carbons (Fsp3) is 0.500. The number of nitrogens with one attached hydrogen (secondary N) is 1. The standard InChI is InChI=1S/C12H17N3O3S/c1-19(17,18)15-8-2-3-11(15)9-14-12(16)10-4-6-13-7-5-10/h4-7,11H,2-3,8-9H2,1H3,(H,14,16). The number of pyridine rings is 1. The predicted octanol–water partition coefficient (Wildman–Crippen LogP) is 0.235. The number of hydrogen-bond acceptors (Lipinski definition) is 4. The molecule has 0 radical (unpaired) electrons. The molecule has 0 bridgehead atoms. The van der Waals surface area contributed by atoms with Gasteiger partial charge in [-0.3, -0.25) is 9.78 Å². The maximum Gasteiger partial charge on any atom is 0.251 e. The van der Waals surface area contributed by atoms with Crippen LogP contribution in [-0.2, 0) is 10.0 Å². The van der Waals surface area contributed by atoms with Crippen molar-refractivity contribution in [2.24, 2.45) is 0 Å². The number of carbonyl (C=O) groups is 1. The summed E-state index contributed by atoms with van der Waals surface area (Å²) in [6, 6.07) is 3.11. The van der Waals surface area contributed by atoms with E-state index >= 15 is 0 Å². The third-order valence-electron chi connectivity index (χ3n) is 3.19. The molecule has 0 aliphatic carbocycles. The van der Waals surface area contributed by atoms with E-state index in [1.807, 2.05) is 0 Å². The first kappa shape index (κ1) is 14.0. The lowest BCUT2D eigenvalue weighted by atomic mass is 10.2. The van der Waals surface area contributed by atoms with E-state index < -0.39 is 10.0 Å². The van der Waals surface area contributed by atoms with Gasteiger partial charge in [-0.25, -0.2) is 8.42 Å². The molecule has 1 aromatic heterocycles. The van der Waals surface area contributed by atoms with E-state index in [-0.39, 0.29) is 11.9 Å². The molecule has 104 valence electrons. The fourth-order valence-electron chi connectivity index (χ4n) is 2.27. The first-order chi connectivity index (χ1) is 8.98. The molecule has 1 aliphatic rings. The summed E-state index contributed by atoms with van der Waals surface area (Å²) in [7, 11) is -3.19. The summed E-state index contributed by atoms with van der Waals surface area (Å²) < 4.78 is 24.6. The number of nitrogens with zero attached hydrogens (tertiary/aromatic N) is 2. The van der Waals surface area contributed by atoms with Gasteiger partial charge in [-0.05, 0) is 25.0 Å². The predicted molar refractivity (Wildman–Crippen MR) is 71.1 cm³/mol. The topological polar surface area (TPSA) is 79.4 Å². The lowest BCUT2D eigenvalue weighted by Gasteiger charge is -2.22. The van der Waals surface area contributed by atoms with Crippen LogP contribution in [0.1, 0.15) is 23.2 Å². The Kier molecular flexibility index (Phi) is 4.16. The molecule has 6 nitrogen and oxygen atoms in total. The molecule has 0 aromatic carbocycles. The smallest absolute Gasteiger partial charge is 0.251 e. The van der Waals surface area contributed by atoms with Gasteiger partial charge in [0.25, 0.3) is 5.91 Å². The van der Waals surface area contributed by atoms with Crippen molar-refractivity contribution in [2.45, 2.75) is 18.9 Å². The van der Waals surface area contributed by atoms with Crippen LogP contribution in [0, 0.1) is 0 Å². The zero-order chi connectivity index (χ0) is 13.9. The molecule has 1 unspecified atom stereocenters. The molecule has 1 saturated heterocycles. The molecule has 2 heterocycles. The average Bonchev–Trinajstić information content (AvgIpc) is 2.85. The number of sulfonamides is 1. The lowest BCUT2D eigenvalue weighted by Crippen LogP contribution is -2.42. The number of carbonyl (C=O) groups excluding carboxylic acids is 1. The van der Waals surface area contributed by atoms with Crippen LogP contribution in [0.4, 0.5) is 0 Å². The largest absolute Gasteiger partial charge is 0.350 e. The van der Waals surface area contributed by atoms with Crippen LogP contribution >= 0.6 is 0 Å². The summed E-state index contributed by atoms with van der Waals surface area (Å²) in [6.45, 7) is 0.878. The zero-order valence-electron chi connectivity index (χ0n) is 10.7. The minimum absolute atomic E-state index is 0.138. The monoisotopic (exact) mass is 283 g/mol. The van der Waals surface area contributed by atoms with Crippen molar-refractivity contribution in [1.29, 1.82) is 0 Å². The molecule has 1 aliphatic heterocycles. The summed E-state index contributed by atoms with van der Waals surface area (Å²) in [6.07, 6.45) is 5.92. The van der Waals surface area contributed by atoms with Crippen molar-refractivity contribution in [3.8, 4) is 0 Å². The Morgan fingerprint density at radius 2 is 2.16 bits per heavy atom. The summed E-state index contributed by atoms with van der Waals surface area (Å²) >= 11 is 0. The van der Waals surface area contributed by atoms with Crippen molar-refractivity contribution in [2.75, 3.05) is 19.3 Å². The molecule has 7 heteroatoms. The van der Waals surface area contributed by atoms with Gasteiger partial charge in [-0.15, -0.1) is 0 Å². The lowest BCUT2D eigenvalue weighted by molar-refractivity contribution is 0.0946. The van der Waals surface area contributed by atoms with E-state index in [9.17, 15) is 13.2 Å². The van der Waals surface area contributed by atoms with Crippen LogP contribution < -0.4 is 5.32 Å². The molecule has 1 amide bonds. The van der Waals surface area contributed by atoms with Crippen LogP contribution in [0.5, 0.6) is 0 Å². The van der Waals surface area contributed by atoms with E-state index in [1.165, 1.54) is 10.6 Å². The second-order valence-electron chi connectivity index (χ2n) is 4.62. The average molecular weight is 283 g/mol. The third-order valence-corrected chi connectivity index (χ3v) is 4.52. The quantitative estimate of drug-likeness (QED) is 0.858. The molecular formula is C12H17N3O3S. The third kappa shape index (κ3) is 3.51. The Morgan fingerprint density at radius 1 is 1.47 bits per heavy atom. The highest BCUT2D eigenvalue weighted by Gasteiger charge is 2.31. The molecule has 1 atom stereocenters. The van der Waals surface area contributed by atoms with Gasteiger partial charge in [0, 0.05) is 37.1 Å². The van der Waals surface area contributed by atoms with Crippen LogP contribution in [-0.4, -0.2) is 49.0 Å². The van der Waals surface area contributed by atoms with Gasteiger partial charge in [-0.2, -0.15) is 4.31 Å². The number of amides is 1. The van der Waals surface area contributed by atoms with E-state index in [4.69, 9.17) is 0 Å². The maximum atomic E-state index is 11.9. The van der Waals surface area contributed by atoms with E-state index in [1.54, 1.807) is 24.5 Å². The minimum atomic E-state index is -3.19. The summed E-state index contributed by atoms with van der Waals surface area (Å²) in [5.74, 6) is -0.206. The normalized spacial score (nSPS) is 20.4. The van der Waals surface area contributed by atoms with Gasteiger partial charge >= 0.3 is 0 Å². The maximum absolute atomic E-state index is 11.9. The molecular weight excluding hydrogens is 266 g/mol. The Balaban J connectivity index is 1.94. The highest BCUT2D eigenvalue weighted by Crippen LogP contribution is 2.19. The Labute approximate surface area is 112 Å².